The van der Waals surface area contributed by atoms with Crippen molar-refractivity contribution in [3.05, 3.63) is 89.0 Å². The third-order valence-corrected chi connectivity index (χ3v) is 13.3. The highest BCUT2D eigenvalue weighted by molar-refractivity contribution is 6.11. The number of carboxylic acid groups (broad SMARTS) is 1. The van der Waals surface area contributed by atoms with Gasteiger partial charge in [-0.2, -0.15) is 0 Å². The quantitative estimate of drug-likeness (QED) is 0.0667. The third-order valence-electron chi connectivity index (χ3n) is 13.3. The second-order valence-electron chi connectivity index (χ2n) is 18.4. The van der Waals surface area contributed by atoms with Crippen LogP contribution in [-0.4, -0.2) is 181 Å². The molecular weight excluding hydrogens is 987 g/mol. The van der Waals surface area contributed by atoms with Crippen LogP contribution in [0.25, 0.3) is 0 Å². The maximum Gasteiger partial charge on any atom is 0.416 e. The first-order valence-corrected chi connectivity index (χ1v) is 24.0. The van der Waals surface area contributed by atoms with Crippen molar-refractivity contribution in [2.75, 3.05) is 71.0 Å². The van der Waals surface area contributed by atoms with Crippen molar-refractivity contribution < 1.29 is 92.2 Å². The number of aliphatic carboxylic acids is 1. The molecule has 24 heteroatoms. The number of nitrogens with zero attached hydrogens (tertiary/aromatic N) is 3. The molecule has 3 aromatic rings. The summed E-state index contributed by atoms with van der Waals surface area (Å²) in [5.74, 6) is -2.75. The molecule has 75 heavy (non-hydrogen) atoms. The number of carbonyl (C=O) groups excluding carboxylic acids is 5. The lowest BCUT2D eigenvalue weighted by molar-refractivity contribution is -0.271. The van der Waals surface area contributed by atoms with E-state index in [2.05, 4.69) is 23.8 Å². The molecule has 8 atom stereocenters. The number of nitrogens with one attached hydrogen (secondary N) is 2. The Bertz CT molecular complexity index is 2750. The van der Waals surface area contributed by atoms with Gasteiger partial charge in [-0.3, -0.25) is 19.2 Å². The molecular formula is C51H59N5O19. The van der Waals surface area contributed by atoms with Crippen LogP contribution in [0, 0.1) is 0 Å². The fourth-order valence-corrected chi connectivity index (χ4v) is 9.46. The predicted octanol–water partition coefficient (Wildman–Crippen LogP) is 1.95. The van der Waals surface area contributed by atoms with E-state index in [4.69, 9.17) is 37.9 Å². The number of anilines is 2. The average Bonchev–Trinajstić information content (AvgIpc) is 3.95. The van der Waals surface area contributed by atoms with Gasteiger partial charge in [-0.1, -0.05) is 30.4 Å². The number of fused-ring (bicyclic) bond motifs is 4. The van der Waals surface area contributed by atoms with Crippen LogP contribution in [0.2, 0.25) is 0 Å². The number of aliphatic hydroxyl groups excluding tert-OH is 4. The molecule has 3 aromatic carbocycles. The number of carboxylic acids is 1. The van der Waals surface area contributed by atoms with Crippen molar-refractivity contribution in [1.82, 2.24) is 15.1 Å². The Morgan fingerprint density at radius 3 is 2.09 bits per heavy atom. The van der Waals surface area contributed by atoms with E-state index >= 15 is 0 Å². The molecule has 0 spiro atoms. The Kier molecular flexibility index (Phi) is 16.5. The van der Waals surface area contributed by atoms with E-state index in [0.717, 1.165) is 10.5 Å². The maximum absolute atomic E-state index is 14.3. The molecule has 7 N–H and O–H groups in total. The average molecular weight is 1050 g/mol. The largest absolute Gasteiger partial charge is 0.493 e. The molecule has 5 aliphatic rings. The Morgan fingerprint density at radius 2 is 1.41 bits per heavy atom. The minimum atomic E-state index is -1.99. The molecule has 0 aliphatic carbocycles. The van der Waals surface area contributed by atoms with Crippen LogP contribution in [0.5, 0.6) is 28.7 Å². The van der Waals surface area contributed by atoms with E-state index in [1.165, 1.54) is 61.5 Å². The van der Waals surface area contributed by atoms with E-state index < -0.39 is 79.5 Å². The van der Waals surface area contributed by atoms with Crippen LogP contribution in [0.4, 0.5) is 16.2 Å². The second kappa shape index (κ2) is 23.0. The lowest BCUT2D eigenvalue weighted by atomic mass is 9.99. The summed E-state index contributed by atoms with van der Waals surface area (Å²) in [6.45, 7) is 8.43. The standard InChI is InChI=1S/C51H59N5O19/c1-25-15-33-45(61)53-31-20-38(36(69-4)18-28(31)46(62)54(33)22-25)71-12-7-6-8-13-72-39-21-32-29(19-37(39)70-5)47(63)55-23-26(2)16-34(55)48(64)56(32)51(67)73-24-27-9-10-35(30(17-27)44(60)52-11-14-68-3)74-50-42(59)40(57)41(58)43(75-50)49(65)66/h9-10,17-21,33-34,40-43,48,50,57-59,64H,1-2,6-8,11-16,22-24H2,3-5H3,(H,52,60)(H,53,61)(H,65,66)/t33-,34-,40-,41-,42+,43-,48?,50+/m0/s1. The summed E-state index contributed by atoms with van der Waals surface area (Å²) >= 11 is 0. The zero-order valence-electron chi connectivity index (χ0n) is 41.4. The molecule has 0 aromatic heterocycles. The normalized spacial score (nSPS) is 24.0. The molecule has 5 heterocycles. The van der Waals surface area contributed by atoms with Crippen molar-refractivity contribution >= 4 is 47.1 Å². The van der Waals surface area contributed by atoms with Gasteiger partial charge in [0.1, 0.15) is 36.7 Å². The van der Waals surface area contributed by atoms with E-state index in [-0.39, 0.29) is 96.3 Å². The van der Waals surface area contributed by atoms with Gasteiger partial charge in [0, 0.05) is 38.9 Å². The number of hydrogen-bond acceptors (Lipinski definition) is 18. The van der Waals surface area contributed by atoms with Crippen molar-refractivity contribution in [3.8, 4) is 28.7 Å². The Morgan fingerprint density at radius 1 is 0.760 bits per heavy atom. The highest BCUT2D eigenvalue weighted by Crippen LogP contribution is 2.43. The van der Waals surface area contributed by atoms with Crippen LogP contribution in [0.15, 0.2) is 66.8 Å². The number of hydrogen-bond donors (Lipinski definition) is 7. The third kappa shape index (κ3) is 11.2. The van der Waals surface area contributed by atoms with E-state index in [1.807, 2.05) is 0 Å². The Hall–Kier alpha value is -7.48. The number of rotatable bonds is 19. The zero-order valence-corrected chi connectivity index (χ0v) is 41.4. The van der Waals surface area contributed by atoms with Gasteiger partial charge in [0.15, 0.2) is 35.3 Å². The minimum absolute atomic E-state index is 0.000568. The topological polar surface area (TPSA) is 311 Å². The smallest absolute Gasteiger partial charge is 0.416 e. The SMILES string of the molecule is C=C1C[C@H]2C(=O)Nc3cc(OCCCCCOc4cc5c(cc4OC)C(=O)N4CC(=C)C[C@H]4C(O)N5C(=O)OCc4ccc(O[C@@H]5O[C@H](C(=O)O)[C@@H](O)[C@H](O)[C@H]5O)c(C(=O)NCCOC)c4)c(OC)cc3C(=O)N2C1. The number of methoxy groups -OCH3 is 3. The Labute approximate surface area is 429 Å². The van der Waals surface area contributed by atoms with Gasteiger partial charge in [-0.05, 0) is 61.9 Å². The lowest BCUT2D eigenvalue weighted by Gasteiger charge is -2.38. The zero-order chi connectivity index (χ0) is 53.8. The number of carbonyl (C=O) groups is 6. The molecule has 3 fully saturated rings. The Balaban J connectivity index is 0.953. The summed E-state index contributed by atoms with van der Waals surface area (Å²) in [6.07, 6.45) is -10.2. The van der Waals surface area contributed by atoms with Gasteiger partial charge in [0.25, 0.3) is 17.7 Å². The molecule has 24 nitrogen and oxygen atoms in total. The van der Waals surface area contributed by atoms with Crippen LogP contribution < -0.4 is 39.2 Å². The van der Waals surface area contributed by atoms with Gasteiger partial charge in [-0.15, -0.1) is 0 Å². The minimum Gasteiger partial charge on any atom is -0.493 e. The van der Waals surface area contributed by atoms with E-state index in [1.54, 1.807) is 12.1 Å². The summed E-state index contributed by atoms with van der Waals surface area (Å²) in [6, 6.07) is 8.34. The molecule has 0 bridgehead atoms. The van der Waals surface area contributed by atoms with Gasteiger partial charge in [0.2, 0.25) is 12.2 Å². The molecule has 0 radical (unpaired) electrons. The van der Waals surface area contributed by atoms with Crippen LogP contribution in [0.3, 0.4) is 0 Å². The van der Waals surface area contributed by atoms with Crippen molar-refractivity contribution in [2.24, 2.45) is 0 Å². The van der Waals surface area contributed by atoms with Crippen LogP contribution >= 0.6 is 0 Å². The number of amides is 5. The van der Waals surface area contributed by atoms with E-state index in [9.17, 15) is 54.3 Å². The lowest BCUT2D eigenvalue weighted by Crippen LogP contribution is -2.61. The number of unbranched alkanes of at least 4 members (excludes halogenated alkanes) is 2. The summed E-state index contributed by atoms with van der Waals surface area (Å²) < 4.78 is 45.2. The highest BCUT2D eigenvalue weighted by Gasteiger charge is 2.49. The summed E-state index contributed by atoms with van der Waals surface area (Å²) in [4.78, 5) is 84.0. The highest BCUT2D eigenvalue weighted by atomic mass is 16.7. The van der Waals surface area contributed by atoms with Crippen LogP contribution in [0.1, 0.15) is 68.7 Å². The van der Waals surface area contributed by atoms with Gasteiger partial charge < -0.3 is 83.9 Å². The summed E-state index contributed by atoms with van der Waals surface area (Å²) in [7, 11) is 4.27. The summed E-state index contributed by atoms with van der Waals surface area (Å²) in [5.41, 5.74) is 2.03. The number of benzene rings is 3. The molecule has 1 unspecified atom stereocenters. The van der Waals surface area contributed by atoms with Gasteiger partial charge in [0.05, 0.1) is 68.1 Å². The monoisotopic (exact) mass is 1050 g/mol. The molecule has 402 valence electrons. The number of ether oxygens (including phenoxy) is 8. The van der Waals surface area contributed by atoms with Crippen molar-refractivity contribution in [1.29, 1.82) is 0 Å². The first kappa shape index (κ1) is 53.8. The fraction of sp³-hybridized carbons (Fsp3) is 0.451. The van der Waals surface area contributed by atoms with Gasteiger partial charge in [-0.25, -0.2) is 14.5 Å². The first-order valence-electron chi connectivity index (χ1n) is 24.0. The molecule has 8 rings (SSSR count). The fourth-order valence-electron chi connectivity index (χ4n) is 9.46. The summed E-state index contributed by atoms with van der Waals surface area (Å²) in [5, 5.41) is 58.0. The first-order chi connectivity index (χ1) is 35.9. The van der Waals surface area contributed by atoms with Crippen molar-refractivity contribution in [2.45, 2.75) is 87.7 Å². The molecule has 5 amide bonds. The van der Waals surface area contributed by atoms with Crippen LogP contribution in [-0.2, 0) is 30.4 Å². The second-order valence-corrected chi connectivity index (χ2v) is 18.4. The number of aliphatic hydroxyl groups is 4. The van der Waals surface area contributed by atoms with E-state index in [0.29, 0.717) is 55.0 Å². The molecule has 0 saturated carbocycles. The molecule has 5 aliphatic heterocycles. The van der Waals surface area contributed by atoms with Crippen molar-refractivity contribution in [3.63, 3.8) is 0 Å². The predicted molar refractivity (Wildman–Crippen MR) is 261 cm³/mol. The van der Waals surface area contributed by atoms with Gasteiger partial charge >= 0.3 is 12.1 Å². The molecule has 3 saturated heterocycles. The maximum atomic E-state index is 14.3.